The maximum Gasteiger partial charge on any atom is 0.326 e. The number of hydrogen-bond donors (Lipinski definition) is 1. The maximum absolute atomic E-state index is 12.6. The summed E-state index contributed by atoms with van der Waals surface area (Å²) in [5.41, 5.74) is 0. The lowest BCUT2D eigenvalue weighted by molar-refractivity contribution is -0.149. The van der Waals surface area contributed by atoms with Gasteiger partial charge in [-0.05, 0) is 44.7 Å². The summed E-state index contributed by atoms with van der Waals surface area (Å²) in [4.78, 5) is 51.0. The first-order valence-electron chi connectivity index (χ1n) is 10.6. The molecule has 0 bridgehead atoms. The third-order valence-corrected chi connectivity index (χ3v) is 5.75. The van der Waals surface area contributed by atoms with Crippen LogP contribution in [-0.2, 0) is 19.2 Å². The normalized spacial score (nSPS) is 20.2. The van der Waals surface area contributed by atoms with E-state index in [4.69, 9.17) is 14.2 Å². The zero-order valence-corrected chi connectivity index (χ0v) is 18.2. The van der Waals surface area contributed by atoms with Crippen molar-refractivity contribution in [1.29, 1.82) is 0 Å². The molecule has 174 valence electrons. The summed E-state index contributed by atoms with van der Waals surface area (Å²) in [6.07, 6.45) is 2.43. The number of Topliss-reactive ketones (excluding diaryl/α,β-unsaturated/α-hetero) is 1. The fourth-order valence-electron chi connectivity index (χ4n) is 4.16. The Morgan fingerprint density at radius 2 is 1.50 bits per heavy atom. The van der Waals surface area contributed by atoms with Gasteiger partial charge in [-0.1, -0.05) is 6.07 Å². The van der Waals surface area contributed by atoms with E-state index in [-0.39, 0.29) is 36.4 Å². The van der Waals surface area contributed by atoms with E-state index in [1.54, 1.807) is 18.2 Å². The number of carboxylic acid groups (broad SMARTS) is 1. The molecular formula is C22H28N2O8. The van der Waals surface area contributed by atoms with Gasteiger partial charge in [0.05, 0.1) is 13.2 Å². The first-order valence-corrected chi connectivity index (χ1v) is 10.6. The minimum Gasteiger partial charge on any atom is -0.493 e. The topological polar surface area (TPSA) is 123 Å². The van der Waals surface area contributed by atoms with Gasteiger partial charge in [0.25, 0.3) is 11.8 Å². The Morgan fingerprint density at radius 1 is 0.938 bits per heavy atom. The second-order valence-electron chi connectivity index (χ2n) is 7.80. The zero-order valence-electron chi connectivity index (χ0n) is 18.2. The number of carboxylic acids is 1. The van der Waals surface area contributed by atoms with Crippen LogP contribution in [0.5, 0.6) is 17.2 Å². The highest BCUT2D eigenvalue weighted by Crippen LogP contribution is 2.37. The van der Waals surface area contributed by atoms with Gasteiger partial charge in [-0.3, -0.25) is 14.4 Å². The van der Waals surface area contributed by atoms with Gasteiger partial charge in [-0.25, -0.2) is 4.79 Å². The summed E-state index contributed by atoms with van der Waals surface area (Å²) >= 11 is 0. The molecule has 2 atom stereocenters. The van der Waals surface area contributed by atoms with Crippen LogP contribution in [0.3, 0.4) is 0 Å². The molecule has 2 saturated heterocycles. The molecule has 3 rings (SSSR count). The van der Waals surface area contributed by atoms with Gasteiger partial charge < -0.3 is 29.1 Å². The summed E-state index contributed by atoms with van der Waals surface area (Å²) < 4.78 is 16.6. The minimum atomic E-state index is -1.04. The Hall–Kier alpha value is -3.30. The van der Waals surface area contributed by atoms with Crippen molar-refractivity contribution in [2.24, 2.45) is 0 Å². The summed E-state index contributed by atoms with van der Waals surface area (Å²) in [6.45, 7) is 1.64. The fraction of sp³-hybridized carbons (Fsp3) is 0.545. The number of ether oxygens (including phenoxy) is 3. The largest absolute Gasteiger partial charge is 0.493 e. The number of benzene rings is 1. The number of amides is 2. The molecule has 0 radical (unpaired) electrons. The van der Waals surface area contributed by atoms with Crippen molar-refractivity contribution in [2.45, 2.75) is 44.7 Å². The number of para-hydroxylation sites is 1. The third-order valence-electron chi connectivity index (χ3n) is 5.75. The molecule has 2 fully saturated rings. The fourth-order valence-corrected chi connectivity index (χ4v) is 4.16. The van der Waals surface area contributed by atoms with E-state index in [0.29, 0.717) is 38.1 Å². The molecule has 2 amide bonds. The van der Waals surface area contributed by atoms with Crippen LogP contribution < -0.4 is 14.2 Å². The van der Waals surface area contributed by atoms with Crippen LogP contribution in [0.15, 0.2) is 18.2 Å². The minimum absolute atomic E-state index is 0.0581. The molecule has 10 heteroatoms. The number of carbonyl (C=O) groups excluding carboxylic acids is 3. The van der Waals surface area contributed by atoms with E-state index in [0.717, 1.165) is 6.42 Å². The van der Waals surface area contributed by atoms with Gasteiger partial charge in [0, 0.05) is 13.1 Å². The predicted molar refractivity (Wildman–Crippen MR) is 112 cm³/mol. The van der Waals surface area contributed by atoms with Gasteiger partial charge in [0.2, 0.25) is 5.75 Å². The first-order chi connectivity index (χ1) is 15.3. The Balaban J connectivity index is 1.66. The quantitative estimate of drug-likeness (QED) is 0.596. The molecular weight excluding hydrogens is 420 g/mol. The van der Waals surface area contributed by atoms with E-state index in [1.807, 2.05) is 0 Å². The summed E-state index contributed by atoms with van der Waals surface area (Å²) in [6, 6.07) is 3.57. The van der Waals surface area contributed by atoms with Crippen LogP contribution >= 0.6 is 0 Å². The van der Waals surface area contributed by atoms with Crippen LogP contribution in [0.1, 0.15) is 32.6 Å². The highest BCUT2D eigenvalue weighted by molar-refractivity contribution is 5.88. The molecule has 0 aliphatic carbocycles. The summed E-state index contributed by atoms with van der Waals surface area (Å²) in [5, 5.41) is 9.27. The molecule has 2 aliphatic heterocycles. The van der Waals surface area contributed by atoms with E-state index in [1.165, 1.54) is 23.8 Å². The van der Waals surface area contributed by atoms with Crippen molar-refractivity contribution in [3.8, 4) is 17.2 Å². The van der Waals surface area contributed by atoms with Crippen molar-refractivity contribution in [2.75, 3.05) is 33.4 Å². The van der Waals surface area contributed by atoms with Crippen LogP contribution in [0.4, 0.5) is 0 Å². The van der Waals surface area contributed by atoms with Crippen molar-refractivity contribution in [3.63, 3.8) is 0 Å². The highest BCUT2D eigenvalue weighted by Gasteiger charge is 2.34. The van der Waals surface area contributed by atoms with Crippen LogP contribution in [0.2, 0.25) is 0 Å². The number of rotatable bonds is 9. The monoisotopic (exact) mass is 448 g/mol. The number of aliphatic carboxylic acids is 1. The van der Waals surface area contributed by atoms with Gasteiger partial charge in [-0.2, -0.15) is 0 Å². The van der Waals surface area contributed by atoms with Gasteiger partial charge >= 0.3 is 5.97 Å². The molecule has 2 heterocycles. The predicted octanol–water partition coefficient (Wildman–Crippen LogP) is 1.11. The second kappa shape index (κ2) is 10.3. The van der Waals surface area contributed by atoms with Crippen molar-refractivity contribution < 1.29 is 38.5 Å². The Kier molecular flexibility index (Phi) is 7.55. The van der Waals surface area contributed by atoms with Crippen molar-refractivity contribution in [3.05, 3.63) is 18.2 Å². The number of carbonyl (C=O) groups is 4. The molecule has 0 saturated carbocycles. The van der Waals surface area contributed by atoms with Crippen LogP contribution in [0, 0.1) is 0 Å². The Morgan fingerprint density at radius 3 is 2.09 bits per heavy atom. The van der Waals surface area contributed by atoms with Crippen molar-refractivity contribution >= 4 is 23.6 Å². The van der Waals surface area contributed by atoms with Gasteiger partial charge in [0.1, 0.15) is 6.04 Å². The summed E-state index contributed by atoms with van der Waals surface area (Å²) in [7, 11) is 1.44. The molecule has 10 nitrogen and oxygen atoms in total. The average molecular weight is 448 g/mol. The molecule has 0 aromatic heterocycles. The van der Waals surface area contributed by atoms with Gasteiger partial charge in [0.15, 0.2) is 30.5 Å². The summed E-state index contributed by atoms with van der Waals surface area (Å²) in [5.74, 6) is -1.19. The lowest BCUT2D eigenvalue weighted by Crippen LogP contribution is -2.42. The SMILES string of the molecule is COc1cccc(OCC(=O)N2CCC[C@@H]2C(=O)O)c1OCC(=O)N1CCC[C@@H]1C(C)=O. The zero-order chi connectivity index (χ0) is 23.3. The number of likely N-dealkylation sites (tertiary alicyclic amines) is 2. The Bertz CT molecular complexity index is 887. The molecule has 1 aromatic carbocycles. The standard InChI is InChI=1S/C22H28N2O8/c1-14(25)15-6-4-10-23(15)20(27)13-32-21-17(30-2)8-3-9-18(21)31-12-19(26)24-11-5-7-16(24)22(28)29/h3,8-9,15-16H,4-7,10-13H2,1-2H3,(H,28,29)/t15-,16-/m1/s1. The smallest absolute Gasteiger partial charge is 0.326 e. The number of methoxy groups -OCH3 is 1. The highest BCUT2D eigenvalue weighted by atomic mass is 16.5. The first kappa shape index (κ1) is 23.4. The lowest BCUT2D eigenvalue weighted by atomic mass is 10.1. The van der Waals surface area contributed by atoms with E-state index >= 15 is 0 Å². The van der Waals surface area contributed by atoms with Crippen molar-refractivity contribution in [1.82, 2.24) is 9.80 Å². The molecule has 1 aromatic rings. The third kappa shape index (κ3) is 5.12. The number of hydrogen-bond acceptors (Lipinski definition) is 7. The maximum atomic E-state index is 12.6. The second-order valence-corrected chi connectivity index (χ2v) is 7.80. The molecule has 2 aliphatic rings. The van der Waals surface area contributed by atoms with E-state index in [9.17, 15) is 24.3 Å². The van der Waals surface area contributed by atoms with E-state index < -0.39 is 24.0 Å². The molecule has 0 spiro atoms. The van der Waals surface area contributed by atoms with E-state index in [2.05, 4.69) is 0 Å². The average Bonchev–Trinajstić information content (AvgIpc) is 3.45. The van der Waals surface area contributed by atoms with Crippen LogP contribution in [-0.4, -0.2) is 84.0 Å². The number of nitrogens with zero attached hydrogens (tertiary/aromatic N) is 2. The van der Waals surface area contributed by atoms with Crippen LogP contribution in [0.25, 0.3) is 0 Å². The Labute approximate surface area is 186 Å². The molecule has 1 N–H and O–H groups in total. The molecule has 32 heavy (non-hydrogen) atoms. The number of ketones is 1. The van der Waals surface area contributed by atoms with Gasteiger partial charge in [-0.15, -0.1) is 0 Å². The lowest BCUT2D eigenvalue weighted by Gasteiger charge is -2.24. The molecule has 0 unspecified atom stereocenters.